The number of carbonyl (C=O) groups is 4. The van der Waals surface area contributed by atoms with Gasteiger partial charge in [-0.2, -0.15) is 18.4 Å². The van der Waals surface area contributed by atoms with Gasteiger partial charge in [0.15, 0.2) is 10.9 Å². The van der Waals surface area contributed by atoms with Gasteiger partial charge in [-0.25, -0.2) is 14.4 Å². The Hall–Kier alpha value is -5.79. The molecule has 2 aliphatic heterocycles. The van der Waals surface area contributed by atoms with Crippen LogP contribution in [0.25, 0.3) is 10.4 Å². The molecule has 2 aromatic heterocycles. The number of thiocarbonyl (C=S) groups is 1. The summed E-state index contributed by atoms with van der Waals surface area (Å²) < 4.78 is 73.7. The molecule has 6 rings (SSSR count). The fourth-order valence-electron chi connectivity index (χ4n) is 8.16. The lowest BCUT2D eigenvalue weighted by molar-refractivity contribution is -0.144. The first-order chi connectivity index (χ1) is 33.6. The molecular formula is C49H55ClF4N8O7S2. The fraction of sp³-hybridized carbons (Fsp3) is 0.469. The van der Waals surface area contributed by atoms with E-state index in [1.807, 2.05) is 57.5 Å². The van der Waals surface area contributed by atoms with Crippen LogP contribution >= 0.6 is 35.2 Å². The van der Waals surface area contributed by atoms with Crippen molar-refractivity contribution in [3.63, 3.8) is 0 Å². The summed E-state index contributed by atoms with van der Waals surface area (Å²) in [5, 5.41) is 14.7. The largest absolute Gasteiger partial charge is 0.478 e. The van der Waals surface area contributed by atoms with E-state index in [-0.39, 0.29) is 53.3 Å². The Kier molecular flexibility index (Phi) is 17.8. The van der Waals surface area contributed by atoms with Crippen molar-refractivity contribution in [2.45, 2.75) is 104 Å². The molecule has 0 bridgehead atoms. The Morgan fingerprint density at radius 2 is 1.70 bits per heavy atom. The summed E-state index contributed by atoms with van der Waals surface area (Å²) in [6.45, 7) is 12.2. The number of amides is 4. The number of ether oxygens (including phenoxy) is 3. The van der Waals surface area contributed by atoms with Gasteiger partial charge in [0.25, 0.3) is 5.91 Å². The molecule has 0 aliphatic carbocycles. The second-order valence-electron chi connectivity index (χ2n) is 18.5. The number of hydrogen-bond donors (Lipinski definition) is 2. The average molecular weight is 1040 g/mol. The first-order valence-electron chi connectivity index (χ1n) is 22.9. The molecule has 2 fully saturated rings. The number of hydrogen-bond acceptors (Lipinski definition) is 12. The number of anilines is 2. The average Bonchev–Trinajstić information content (AvgIpc) is 4.02. The third-order valence-corrected chi connectivity index (χ3v) is 13.6. The van der Waals surface area contributed by atoms with Crippen LogP contribution in [0.1, 0.15) is 89.1 Å². The van der Waals surface area contributed by atoms with Crippen LogP contribution in [-0.2, 0) is 41.4 Å². The van der Waals surface area contributed by atoms with Gasteiger partial charge < -0.3 is 34.6 Å². The van der Waals surface area contributed by atoms with Gasteiger partial charge in [-0.1, -0.05) is 56.6 Å². The van der Waals surface area contributed by atoms with E-state index in [0.29, 0.717) is 63.3 Å². The van der Waals surface area contributed by atoms with Crippen LogP contribution in [0.4, 0.5) is 28.9 Å². The zero-order valence-electron chi connectivity index (χ0n) is 40.1. The van der Waals surface area contributed by atoms with Gasteiger partial charge in [-0.05, 0) is 93.8 Å². The molecular weight excluding hydrogens is 988 g/mol. The minimum atomic E-state index is -5.22. The van der Waals surface area contributed by atoms with Crippen LogP contribution in [0.2, 0.25) is 5.02 Å². The number of aryl methyl sites for hydroxylation is 1. The lowest BCUT2D eigenvalue weighted by atomic mass is 9.85. The fourth-order valence-corrected chi connectivity index (χ4v) is 9.71. The number of halogens is 5. The summed E-state index contributed by atoms with van der Waals surface area (Å²) >= 11 is 13.7. The molecule has 2 saturated heterocycles. The van der Waals surface area contributed by atoms with Crippen molar-refractivity contribution in [2.75, 3.05) is 49.4 Å². The standard InChI is InChI=1S/C49H55ClF4N8O7S2/c1-29-41(71-28-58-29)31-14-12-30(13-15-31)25-57-43(64)35-11-9-18-60(35)44(65)42(47(2,3)4)59-37(63)27-68-21-10-20-67-19-7-8-22-69-38-23-33(50)36(26-56-38)62-46(70)61(45(66)48(62,5)6)34-17-16-32(24-55)39(40(34)51)49(52,53)54/h12-17,23,26,28,35,42H,7-11,18-22,25,27H2,1-6H3,(H,57,64)(H,59,63)/t35-,42?/m0/s1. The number of nitrogens with one attached hydrogen (secondary N) is 2. The van der Waals surface area contributed by atoms with E-state index in [0.717, 1.165) is 33.8 Å². The normalized spacial score (nSPS) is 16.3. The van der Waals surface area contributed by atoms with Gasteiger partial charge in [-0.3, -0.25) is 24.1 Å². The molecule has 1 unspecified atom stereocenters. The molecule has 71 heavy (non-hydrogen) atoms. The molecule has 380 valence electrons. The van der Waals surface area contributed by atoms with E-state index in [1.165, 1.54) is 37.1 Å². The Labute approximate surface area is 423 Å². The minimum absolute atomic E-state index is 0.0520. The predicted octanol–water partition coefficient (Wildman–Crippen LogP) is 8.53. The molecule has 15 nitrogen and oxygen atoms in total. The van der Waals surface area contributed by atoms with Crippen molar-refractivity contribution in [2.24, 2.45) is 5.41 Å². The Morgan fingerprint density at radius 3 is 2.35 bits per heavy atom. The van der Waals surface area contributed by atoms with Gasteiger partial charge >= 0.3 is 6.18 Å². The van der Waals surface area contributed by atoms with Gasteiger partial charge in [-0.15, -0.1) is 11.3 Å². The number of likely N-dealkylation sites (tertiary alicyclic amines) is 1. The SMILES string of the molecule is Cc1ncsc1-c1ccc(CNC(=O)[C@@H]2CCCN2C(=O)C(NC(=O)COCCCOCCCCOc2cc(Cl)c(N3C(=S)N(c4ccc(C#N)c(C(F)(F)F)c4F)C(=O)C3(C)C)cn2)C(C)(C)C)cc1. The molecule has 4 aromatic rings. The Bertz CT molecular complexity index is 2660. The van der Waals surface area contributed by atoms with Crippen LogP contribution in [0.15, 0.2) is 54.2 Å². The van der Waals surface area contributed by atoms with E-state index < -0.39 is 63.7 Å². The van der Waals surface area contributed by atoms with Crippen molar-refractivity contribution >= 4 is 75.3 Å². The van der Waals surface area contributed by atoms with Crippen molar-refractivity contribution in [3.8, 4) is 22.4 Å². The van der Waals surface area contributed by atoms with Gasteiger partial charge in [0.2, 0.25) is 23.6 Å². The lowest BCUT2D eigenvalue weighted by Gasteiger charge is -2.35. The number of benzene rings is 2. The predicted molar refractivity (Wildman–Crippen MR) is 263 cm³/mol. The number of carbonyl (C=O) groups excluding carboxylic acids is 4. The molecule has 0 radical (unpaired) electrons. The van der Waals surface area contributed by atoms with Gasteiger partial charge in [0.1, 0.15) is 29.8 Å². The van der Waals surface area contributed by atoms with E-state index in [2.05, 4.69) is 20.6 Å². The summed E-state index contributed by atoms with van der Waals surface area (Å²) in [7, 11) is 0. The van der Waals surface area contributed by atoms with E-state index in [9.17, 15) is 32.3 Å². The highest BCUT2D eigenvalue weighted by Crippen LogP contribution is 2.43. The molecule has 2 aliphatic rings. The van der Waals surface area contributed by atoms with Crippen molar-refractivity contribution < 1.29 is 51.0 Å². The highest BCUT2D eigenvalue weighted by molar-refractivity contribution is 7.81. The smallest absolute Gasteiger partial charge is 0.420 e. The molecule has 2 N–H and O–H groups in total. The topological polar surface area (TPSA) is 179 Å². The molecule has 0 spiro atoms. The molecule has 22 heteroatoms. The minimum Gasteiger partial charge on any atom is -0.478 e. The summed E-state index contributed by atoms with van der Waals surface area (Å²) in [6, 6.07) is 10.8. The third kappa shape index (κ3) is 12.8. The number of alkyl halides is 3. The number of thiazole rings is 1. The lowest BCUT2D eigenvalue weighted by Crippen LogP contribution is -2.58. The maximum Gasteiger partial charge on any atom is 0.420 e. The zero-order chi connectivity index (χ0) is 51.8. The quantitative estimate of drug-likeness (QED) is 0.0491. The maximum atomic E-state index is 15.4. The van der Waals surface area contributed by atoms with Gasteiger partial charge in [0.05, 0.1) is 56.9 Å². The van der Waals surface area contributed by atoms with Crippen LogP contribution < -0.4 is 25.2 Å². The third-order valence-electron chi connectivity index (χ3n) is 11.9. The molecule has 2 atom stereocenters. The van der Waals surface area contributed by atoms with E-state index in [4.69, 9.17) is 43.3 Å². The van der Waals surface area contributed by atoms with Crippen LogP contribution in [0, 0.1) is 29.5 Å². The van der Waals surface area contributed by atoms with E-state index in [1.54, 1.807) is 16.2 Å². The monoisotopic (exact) mass is 1040 g/mol. The number of unbranched alkanes of at least 4 members (excludes halogenated alkanes) is 1. The first kappa shape index (κ1) is 54.5. The van der Waals surface area contributed by atoms with E-state index >= 15 is 4.39 Å². The number of rotatable bonds is 20. The number of pyridine rings is 1. The van der Waals surface area contributed by atoms with Crippen LogP contribution in [-0.4, -0.2) is 101 Å². The number of nitriles is 1. The van der Waals surface area contributed by atoms with Crippen LogP contribution in [0.3, 0.4) is 0 Å². The van der Waals surface area contributed by atoms with Gasteiger partial charge in [0, 0.05) is 39.0 Å². The highest BCUT2D eigenvalue weighted by Gasteiger charge is 2.52. The Balaban J connectivity index is 0.877. The summed E-state index contributed by atoms with van der Waals surface area (Å²) in [5.74, 6) is -3.50. The molecule has 4 amide bonds. The second-order valence-corrected chi connectivity index (χ2v) is 20.2. The second kappa shape index (κ2) is 23.2. The molecule has 0 saturated carbocycles. The van der Waals surface area contributed by atoms with Crippen molar-refractivity contribution in [1.29, 1.82) is 5.26 Å². The summed E-state index contributed by atoms with van der Waals surface area (Å²) in [4.78, 5) is 67.0. The van der Waals surface area contributed by atoms with Crippen molar-refractivity contribution in [3.05, 3.63) is 87.4 Å². The number of nitrogens with zero attached hydrogens (tertiary/aromatic N) is 6. The van der Waals surface area contributed by atoms with Crippen molar-refractivity contribution in [1.82, 2.24) is 25.5 Å². The number of aromatic nitrogens is 2. The summed E-state index contributed by atoms with van der Waals surface area (Å²) in [6.07, 6.45) is -1.01. The molecule has 4 heterocycles. The first-order valence-corrected chi connectivity index (χ1v) is 24.5. The molecule has 2 aromatic carbocycles. The zero-order valence-corrected chi connectivity index (χ0v) is 42.5. The van der Waals surface area contributed by atoms with Crippen LogP contribution in [0.5, 0.6) is 5.88 Å². The summed E-state index contributed by atoms with van der Waals surface area (Å²) in [5.41, 5.74) is -0.792. The Morgan fingerprint density at radius 1 is 1.01 bits per heavy atom. The highest BCUT2D eigenvalue weighted by atomic mass is 35.5. The maximum absolute atomic E-state index is 15.4.